The van der Waals surface area contributed by atoms with Crippen LogP contribution in [0, 0.1) is 5.92 Å². The normalized spacial score (nSPS) is 27.8. The van der Waals surface area contributed by atoms with E-state index in [1.165, 1.54) is 6.07 Å². The van der Waals surface area contributed by atoms with Gasteiger partial charge in [0.25, 0.3) is 0 Å². The van der Waals surface area contributed by atoms with Crippen LogP contribution in [0.4, 0.5) is 8.78 Å². The lowest BCUT2D eigenvalue weighted by atomic mass is 9.81. The molecule has 5 heteroatoms. The summed E-state index contributed by atoms with van der Waals surface area (Å²) in [5.74, 6) is -0.143. The molecule has 4 atom stereocenters. The van der Waals surface area contributed by atoms with Gasteiger partial charge >= 0.3 is 0 Å². The zero-order chi connectivity index (χ0) is 15.6. The summed E-state index contributed by atoms with van der Waals surface area (Å²) in [5.41, 5.74) is 0.786. The number of hydrogen-bond donors (Lipinski definition) is 1. The van der Waals surface area contributed by atoms with Gasteiger partial charge in [0.15, 0.2) is 0 Å². The van der Waals surface area contributed by atoms with Crippen LogP contribution in [0.2, 0.25) is 5.02 Å². The lowest BCUT2D eigenvalue weighted by molar-refractivity contribution is 0.0435. The third-order valence-corrected chi connectivity index (χ3v) is 4.88. The molecule has 1 aliphatic rings. The van der Waals surface area contributed by atoms with Crippen LogP contribution < -0.4 is 0 Å². The summed E-state index contributed by atoms with van der Waals surface area (Å²) in [6.45, 7) is 2.42. The number of rotatable bonds is 4. The van der Waals surface area contributed by atoms with E-state index in [4.69, 9.17) is 11.6 Å². The average Bonchev–Trinajstić information content (AvgIpc) is 2.44. The zero-order valence-corrected chi connectivity index (χ0v) is 13.2. The monoisotopic (exact) mass is 317 g/mol. The molecule has 1 fully saturated rings. The average molecular weight is 318 g/mol. The largest absolute Gasteiger partial charge is 0.508 e. The van der Waals surface area contributed by atoms with Gasteiger partial charge in [-0.05, 0) is 57.0 Å². The quantitative estimate of drug-likeness (QED) is 0.893. The first-order valence-corrected chi connectivity index (χ1v) is 7.72. The number of nitrogens with zero attached hydrogens (tertiary/aromatic N) is 1. The van der Waals surface area contributed by atoms with Crippen LogP contribution in [-0.2, 0) is 6.54 Å². The standard InChI is InChI=1S/C16H22ClF2NO/c1-10(14-8-12(18)3-6-16(14)19)20(2)9-11-7-13(21)4-5-15(11)17/h4-5,7,10,12,14,16,21H,3,6,8-9H2,1-2H3. The first-order valence-electron chi connectivity index (χ1n) is 7.34. The molecule has 1 saturated carbocycles. The van der Waals surface area contributed by atoms with Gasteiger partial charge in [-0.1, -0.05) is 11.6 Å². The summed E-state index contributed by atoms with van der Waals surface area (Å²) in [4.78, 5) is 1.97. The summed E-state index contributed by atoms with van der Waals surface area (Å²) in [7, 11) is 1.87. The van der Waals surface area contributed by atoms with E-state index in [1.54, 1.807) is 12.1 Å². The number of alkyl halides is 2. The number of phenols is 1. The third-order valence-electron chi connectivity index (χ3n) is 4.51. The Balaban J connectivity index is 2.04. The minimum atomic E-state index is -0.950. The third kappa shape index (κ3) is 4.07. The first kappa shape index (κ1) is 16.5. The van der Waals surface area contributed by atoms with Crippen LogP contribution in [0.1, 0.15) is 31.7 Å². The van der Waals surface area contributed by atoms with Crippen molar-refractivity contribution < 1.29 is 13.9 Å². The second-order valence-electron chi connectivity index (χ2n) is 6.02. The van der Waals surface area contributed by atoms with Gasteiger partial charge in [-0.15, -0.1) is 0 Å². The number of aromatic hydroxyl groups is 1. The summed E-state index contributed by atoms with van der Waals surface area (Å²) < 4.78 is 27.6. The van der Waals surface area contributed by atoms with Crippen molar-refractivity contribution in [1.29, 1.82) is 0 Å². The highest BCUT2D eigenvalue weighted by atomic mass is 35.5. The van der Waals surface area contributed by atoms with E-state index in [9.17, 15) is 13.9 Å². The molecule has 1 aliphatic carbocycles. The number of phenolic OH excluding ortho intramolecular Hbond substituents is 1. The molecule has 0 aromatic heterocycles. The van der Waals surface area contributed by atoms with Crippen LogP contribution in [0.25, 0.3) is 0 Å². The van der Waals surface area contributed by atoms with Gasteiger partial charge in [0.2, 0.25) is 0 Å². The maximum atomic E-state index is 14.1. The van der Waals surface area contributed by atoms with Crippen molar-refractivity contribution in [2.45, 2.75) is 51.1 Å². The van der Waals surface area contributed by atoms with E-state index in [-0.39, 0.29) is 24.1 Å². The fourth-order valence-electron chi connectivity index (χ4n) is 3.04. The van der Waals surface area contributed by atoms with E-state index in [2.05, 4.69) is 0 Å². The maximum absolute atomic E-state index is 14.1. The molecule has 4 unspecified atom stereocenters. The van der Waals surface area contributed by atoms with Crippen molar-refractivity contribution in [3.63, 3.8) is 0 Å². The SMILES string of the molecule is CC(C1CC(F)CCC1F)N(C)Cc1cc(O)ccc1Cl. The van der Waals surface area contributed by atoms with E-state index < -0.39 is 12.3 Å². The van der Waals surface area contributed by atoms with E-state index >= 15 is 0 Å². The Morgan fingerprint density at radius 1 is 1.38 bits per heavy atom. The van der Waals surface area contributed by atoms with Gasteiger partial charge in [-0.25, -0.2) is 8.78 Å². The molecule has 118 valence electrons. The van der Waals surface area contributed by atoms with Gasteiger partial charge in [0.1, 0.15) is 18.1 Å². The first-order chi connectivity index (χ1) is 9.88. The topological polar surface area (TPSA) is 23.5 Å². The van der Waals surface area contributed by atoms with E-state index in [1.807, 2.05) is 18.9 Å². The Morgan fingerprint density at radius 3 is 2.81 bits per heavy atom. The molecule has 0 heterocycles. The minimum absolute atomic E-state index is 0.0861. The molecule has 2 rings (SSSR count). The van der Waals surface area contributed by atoms with Crippen LogP contribution in [0.5, 0.6) is 5.75 Å². The molecule has 0 bridgehead atoms. The second kappa shape index (κ2) is 6.93. The molecule has 1 aromatic rings. The Hall–Kier alpha value is -0.870. The second-order valence-corrected chi connectivity index (χ2v) is 6.43. The van der Waals surface area contributed by atoms with Gasteiger partial charge in [0, 0.05) is 23.5 Å². The predicted octanol–water partition coefficient (Wildman–Crippen LogP) is 4.34. The smallest absolute Gasteiger partial charge is 0.116 e. The van der Waals surface area contributed by atoms with Crippen LogP contribution in [0.3, 0.4) is 0 Å². The molecular formula is C16H22ClF2NO. The highest BCUT2D eigenvalue weighted by Crippen LogP contribution is 2.34. The summed E-state index contributed by atoms with van der Waals surface area (Å²) >= 11 is 6.11. The van der Waals surface area contributed by atoms with Crippen molar-refractivity contribution in [2.75, 3.05) is 7.05 Å². The van der Waals surface area contributed by atoms with E-state index in [0.29, 0.717) is 24.4 Å². The van der Waals surface area contributed by atoms with Gasteiger partial charge in [-0.2, -0.15) is 0 Å². The maximum Gasteiger partial charge on any atom is 0.116 e. The van der Waals surface area contributed by atoms with Crippen LogP contribution in [0.15, 0.2) is 18.2 Å². The fraction of sp³-hybridized carbons (Fsp3) is 0.625. The van der Waals surface area contributed by atoms with Gasteiger partial charge < -0.3 is 5.11 Å². The molecule has 0 aliphatic heterocycles. The Morgan fingerprint density at radius 2 is 2.10 bits per heavy atom. The lowest BCUT2D eigenvalue weighted by Gasteiger charge is -2.37. The minimum Gasteiger partial charge on any atom is -0.508 e. The fourth-order valence-corrected chi connectivity index (χ4v) is 3.21. The molecule has 2 nitrogen and oxygen atoms in total. The predicted molar refractivity (Wildman–Crippen MR) is 81.2 cm³/mol. The summed E-state index contributed by atoms with van der Waals surface area (Å²) in [6, 6.07) is 4.69. The molecule has 0 saturated heterocycles. The molecule has 0 amide bonds. The van der Waals surface area contributed by atoms with Crippen molar-refractivity contribution in [1.82, 2.24) is 4.90 Å². The number of hydrogen-bond acceptors (Lipinski definition) is 2. The van der Waals surface area contributed by atoms with Crippen molar-refractivity contribution >= 4 is 11.6 Å². The molecule has 1 aromatic carbocycles. The van der Waals surface area contributed by atoms with Crippen LogP contribution in [-0.4, -0.2) is 35.4 Å². The highest BCUT2D eigenvalue weighted by Gasteiger charge is 2.35. The number of benzene rings is 1. The van der Waals surface area contributed by atoms with E-state index in [0.717, 1.165) is 5.56 Å². The van der Waals surface area contributed by atoms with Gasteiger partial charge in [-0.3, -0.25) is 4.90 Å². The van der Waals surface area contributed by atoms with Crippen molar-refractivity contribution in [3.05, 3.63) is 28.8 Å². The Kier molecular flexibility index (Phi) is 5.44. The lowest BCUT2D eigenvalue weighted by Crippen LogP contribution is -2.43. The van der Waals surface area contributed by atoms with Crippen molar-refractivity contribution in [2.24, 2.45) is 5.92 Å². The van der Waals surface area contributed by atoms with Crippen molar-refractivity contribution in [3.8, 4) is 5.75 Å². The Labute approximate surface area is 129 Å². The molecule has 0 spiro atoms. The molecule has 0 radical (unpaired) electrons. The zero-order valence-electron chi connectivity index (χ0n) is 12.4. The summed E-state index contributed by atoms with van der Waals surface area (Å²) in [6.07, 6.45) is -0.944. The summed E-state index contributed by atoms with van der Waals surface area (Å²) in [5, 5.41) is 10.1. The highest BCUT2D eigenvalue weighted by molar-refractivity contribution is 6.31. The molecule has 1 N–H and O–H groups in total. The van der Waals surface area contributed by atoms with Gasteiger partial charge in [0.05, 0.1) is 0 Å². The Bertz CT molecular complexity index is 485. The number of halogens is 3. The molecule has 21 heavy (non-hydrogen) atoms. The molecular weight excluding hydrogens is 296 g/mol. The van der Waals surface area contributed by atoms with Crippen LogP contribution >= 0.6 is 11.6 Å².